The summed E-state index contributed by atoms with van der Waals surface area (Å²) in [7, 11) is 0. The normalized spacial score (nSPS) is 11.4. The molecule has 0 radical (unpaired) electrons. The summed E-state index contributed by atoms with van der Waals surface area (Å²) in [4.78, 5) is 19.7. The number of nitrogens with one attached hydrogen (secondary N) is 1. The first-order valence-electron chi connectivity index (χ1n) is 8.01. The molecule has 28 heavy (non-hydrogen) atoms. The molecule has 1 amide bonds. The van der Waals surface area contributed by atoms with Crippen molar-refractivity contribution in [1.29, 1.82) is 0 Å². The van der Waals surface area contributed by atoms with Crippen molar-refractivity contribution in [2.45, 2.75) is 18.3 Å². The first-order valence-corrected chi connectivity index (χ1v) is 9.00. The molecular formula is C18H15F3N4O2S. The lowest BCUT2D eigenvalue weighted by Gasteiger charge is -2.10. The number of benzene rings is 1. The Bertz CT molecular complexity index is 991. The third-order valence-electron chi connectivity index (χ3n) is 3.58. The van der Waals surface area contributed by atoms with Crippen molar-refractivity contribution < 1.29 is 22.4 Å². The van der Waals surface area contributed by atoms with E-state index < -0.39 is 17.8 Å². The fraction of sp³-hybridized carbons (Fsp3) is 0.167. The molecule has 0 bridgehead atoms. The van der Waals surface area contributed by atoms with Crippen LogP contribution in [0.4, 0.5) is 24.5 Å². The predicted molar refractivity (Wildman–Crippen MR) is 99.7 cm³/mol. The van der Waals surface area contributed by atoms with Crippen LogP contribution < -0.4 is 11.1 Å². The Morgan fingerprint density at radius 3 is 2.68 bits per heavy atom. The molecule has 3 aromatic rings. The molecule has 0 spiro atoms. The van der Waals surface area contributed by atoms with Crippen molar-refractivity contribution in [3.63, 3.8) is 0 Å². The van der Waals surface area contributed by atoms with E-state index in [9.17, 15) is 18.0 Å². The van der Waals surface area contributed by atoms with Crippen molar-refractivity contribution >= 4 is 29.0 Å². The summed E-state index contributed by atoms with van der Waals surface area (Å²) in [6.07, 6.45) is -3.32. The van der Waals surface area contributed by atoms with Gasteiger partial charge in [-0.2, -0.15) is 13.2 Å². The van der Waals surface area contributed by atoms with Crippen LogP contribution in [0, 0.1) is 6.92 Å². The highest BCUT2D eigenvalue weighted by atomic mass is 32.2. The molecule has 0 saturated carbocycles. The molecule has 0 fully saturated rings. The zero-order valence-corrected chi connectivity index (χ0v) is 15.4. The van der Waals surface area contributed by atoms with E-state index in [0.717, 1.165) is 23.4 Å². The van der Waals surface area contributed by atoms with Gasteiger partial charge in [0.1, 0.15) is 11.4 Å². The number of halogens is 3. The lowest BCUT2D eigenvalue weighted by Crippen LogP contribution is -2.16. The van der Waals surface area contributed by atoms with Crippen LogP contribution in [0.3, 0.4) is 0 Å². The van der Waals surface area contributed by atoms with Gasteiger partial charge in [-0.05, 0) is 42.8 Å². The highest BCUT2D eigenvalue weighted by molar-refractivity contribution is 7.99. The number of aryl methyl sites for hydroxylation is 1. The molecule has 0 aliphatic carbocycles. The maximum atomic E-state index is 13.1. The van der Waals surface area contributed by atoms with Gasteiger partial charge < -0.3 is 15.5 Å². The van der Waals surface area contributed by atoms with Crippen LogP contribution in [-0.4, -0.2) is 21.6 Å². The molecule has 1 aromatic carbocycles. The van der Waals surface area contributed by atoms with Crippen LogP contribution in [0.25, 0.3) is 11.5 Å². The van der Waals surface area contributed by atoms with Crippen molar-refractivity contribution in [3.05, 3.63) is 53.9 Å². The van der Waals surface area contributed by atoms with Gasteiger partial charge in [-0.25, -0.2) is 9.97 Å². The fourth-order valence-corrected chi connectivity index (χ4v) is 2.96. The van der Waals surface area contributed by atoms with E-state index in [4.69, 9.17) is 10.2 Å². The Morgan fingerprint density at radius 2 is 2.04 bits per heavy atom. The second-order valence-corrected chi connectivity index (χ2v) is 6.77. The second kappa shape index (κ2) is 7.93. The highest BCUT2D eigenvalue weighted by Crippen LogP contribution is 2.32. The minimum absolute atomic E-state index is 0.0157. The van der Waals surface area contributed by atoms with E-state index in [-0.39, 0.29) is 22.4 Å². The number of thioether (sulfide) groups is 1. The van der Waals surface area contributed by atoms with Gasteiger partial charge in [-0.15, -0.1) is 0 Å². The molecule has 0 aliphatic heterocycles. The molecular weight excluding hydrogens is 393 g/mol. The standard InChI is InChI=1S/C18H15F3N4O2S/c1-10-4-5-12(11(22)7-10)23-16(26)9-28-17-24-13(14-3-2-6-27-14)8-15(25-17)18(19,20)21/h2-8H,9,22H2,1H3,(H,23,26). The molecule has 6 nitrogen and oxygen atoms in total. The maximum absolute atomic E-state index is 13.1. The summed E-state index contributed by atoms with van der Waals surface area (Å²) < 4.78 is 44.5. The molecule has 3 N–H and O–H groups in total. The molecule has 2 heterocycles. The van der Waals surface area contributed by atoms with Crippen LogP contribution in [0.1, 0.15) is 11.3 Å². The van der Waals surface area contributed by atoms with Gasteiger partial charge in [-0.3, -0.25) is 4.79 Å². The second-order valence-electron chi connectivity index (χ2n) is 5.82. The lowest BCUT2D eigenvalue weighted by molar-refractivity contribution is -0.141. The van der Waals surface area contributed by atoms with Gasteiger partial charge >= 0.3 is 6.18 Å². The highest BCUT2D eigenvalue weighted by Gasteiger charge is 2.34. The van der Waals surface area contributed by atoms with E-state index in [1.807, 2.05) is 6.92 Å². The number of hydrogen-bond donors (Lipinski definition) is 2. The topological polar surface area (TPSA) is 94.0 Å². The smallest absolute Gasteiger partial charge is 0.433 e. The Hall–Kier alpha value is -3.01. The van der Waals surface area contributed by atoms with E-state index in [0.29, 0.717) is 11.4 Å². The number of carbonyl (C=O) groups is 1. The Balaban J connectivity index is 1.76. The lowest BCUT2D eigenvalue weighted by atomic mass is 10.2. The van der Waals surface area contributed by atoms with Gasteiger partial charge in [0.15, 0.2) is 10.9 Å². The number of alkyl halides is 3. The number of rotatable bonds is 5. The van der Waals surface area contributed by atoms with Crippen LogP contribution in [0.2, 0.25) is 0 Å². The molecule has 0 saturated heterocycles. The largest absolute Gasteiger partial charge is 0.463 e. The number of nitrogen functional groups attached to an aromatic ring is 1. The van der Waals surface area contributed by atoms with Crippen molar-refractivity contribution in [3.8, 4) is 11.5 Å². The van der Waals surface area contributed by atoms with Crippen molar-refractivity contribution in [2.24, 2.45) is 0 Å². The summed E-state index contributed by atoms with van der Waals surface area (Å²) in [5.41, 5.74) is 6.47. The van der Waals surface area contributed by atoms with Crippen LogP contribution >= 0.6 is 11.8 Å². The minimum atomic E-state index is -4.65. The van der Waals surface area contributed by atoms with Crippen LogP contribution in [-0.2, 0) is 11.0 Å². The molecule has 0 atom stereocenters. The molecule has 0 unspecified atom stereocenters. The third-order valence-corrected chi connectivity index (χ3v) is 4.43. The third kappa shape index (κ3) is 4.83. The van der Waals surface area contributed by atoms with Crippen LogP contribution in [0.15, 0.2) is 52.2 Å². The summed E-state index contributed by atoms with van der Waals surface area (Å²) in [6.45, 7) is 1.86. The summed E-state index contributed by atoms with van der Waals surface area (Å²) >= 11 is 0.782. The van der Waals surface area contributed by atoms with Gasteiger partial charge in [0.05, 0.1) is 23.4 Å². The average Bonchev–Trinajstić information content (AvgIpc) is 3.16. The van der Waals surface area contributed by atoms with Crippen molar-refractivity contribution in [2.75, 3.05) is 16.8 Å². The molecule has 10 heteroatoms. The zero-order chi connectivity index (χ0) is 20.3. The fourth-order valence-electron chi connectivity index (χ4n) is 2.30. The first-order chi connectivity index (χ1) is 13.2. The SMILES string of the molecule is Cc1ccc(NC(=O)CSc2nc(-c3ccco3)cc(C(F)(F)F)n2)c(N)c1. The molecule has 0 aliphatic rings. The van der Waals surface area contributed by atoms with E-state index in [2.05, 4.69) is 15.3 Å². The first kappa shape index (κ1) is 19.7. The average molecular weight is 408 g/mol. The molecule has 3 rings (SSSR count). The van der Waals surface area contributed by atoms with Gasteiger partial charge in [0.2, 0.25) is 5.91 Å². The Labute approximate surface area is 162 Å². The monoisotopic (exact) mass is 408 g/mol. The van der Waals surface area contributed by atoms with E-state index >= 15 is 0 Å². The summed E-state index contributed by atoms with van der Waals surface area (Å²) in [5.74, 6) is -0.459. The number of hydrogen-bond acceptors (Lipinski definition) is 6. The predicted octanol–water partition coefficient (Wildman–Crippen LogP) is 4.38. The summed E-state index contributed by atoms with van der Waals surface area (Å²) in [6, 6.07) is 8.97. The van der Waals surface area contributed by atoms with E-state index in [1.54, 1.807) is 18.2 Å². The number of anilines is 2. The number of furan rings is 1. The summed E-state index contributed by atoms with van der Waals surface area (Å²) in [5, 5.41) is 2.43. The molecule has 2 aromatic heterocycles. The zero-order valence-electron chi connectivity index (χ0n) is 14.6. The Kier molecular flexibility index (Phi) is 5.59. The number of nitrogens with two attached hydrogens (primary N) is 1. The minimum Gasteiger partial charge on any atom is -0.463 e. The van der Waals surface area contributed by atoms with Gasteiger partial charge in [0, 0.05) is 0 Å². The maximum Gasteiger partial charge on any atom is 0.433 e. The van der Waals surface area contributed by atoms with E-state index in [1.165, 1.54) is 18.4 Å². The number of amides is 1. The van der Waals surface area contributed by atoms with Gasteiger partial charge in [0.25, 0.3) is 0 Å². The quantitative estimate of drug-likeness (QED) is 0.370. The van der Waals surface area contributed by atoms with Crippen LogP contribution in [0.5, 0.6) is 0 Å². The van der Waals surface area contributed by atoms with Gasteiger partial charge in [-0.1, -0.05) is 17.8 Å². The van der Waals surface area contributed by atoms with Crippen molar-refractivity contribution in [1.82, 2.24) is 9.97 Å². The number of aromatic nitrogens is 2. The molecule has 146 valence electrons. The number of nitrogens with zero attached hydrogens (tertiary/aromatic N) is 2. The Morgan fingerprint density at radius 1 is 1.25 bits per heavy atom. The number of carbonyl (C=O) groups excluding carboxylic acids is 1.